The van der Waals surface area contributed by atoms with E-state index >= 15 is 0 Å². The van der Waals surface area contributed by atoms with Gasteiger partial charge in [0.15, 0.2) is 0 Å². The summed E-state index contributed by atoms with van der Waals surface area (Å²) in [5.41, 5.74) is 1.40. The van der Waals surface area contributed by atoms with E-state index in [1.807, 2.05) is 6.07 Å². The summed E-state index contributed by atoms with van der Waals surface area (Å²) in [5, 5.41) is 0. The molecule has 0 unspecified atom stereocenters. The Morgan fingerprint density at radius 1 is 0.938 bits per heavy atom. The van der Waals surface area contributed by atoms with Gasteiger partial charge >= 0.3 is 0 Å². The van der Waals surface area contributed by atoms with Gasteiger partial charge in [-0.05, 0) is 24.5 Å². The summed E-state index contributed by atoms with van der Waals surface area (Å²) in [6, 6.07) is 8.42. The van der Waals surface area contributed by atoms with Crippen LogP contribution >= 0.6 is 12.6 Å². The molecule has 0 aliphatic heterocycles. The molecule has 0 amide bonds. The van der Waals surface area contributed by atoms with Gasteiger partial charge in [0.25, 0.3) is 0 Å². The Morgan fingerprint density at radius 2 is 1.56 bits per heavy atom. The van der Waals surface area contributed by atoms with E-state index in [4.69, 9.17) is 0 Å². The smallest absolute Gasteiger partial charge is 0.00720 e. The second kappa shape index (κ2) is 10.2. The first-order chi connectivity index (χ1) is 7.34. The zero-order valence-corrected chi connectivity index (χ0v) is 11.9. The molecule has 94 valence electrons. The van der Waals surface area contributed by atoms with E-state index in [9.17, 15) is 0 Å². The molecule has 0 aliphatic carbocycles. The molecule has 1 aromatic rings. The van der Waals surface area contributed by atoms with Crippen molar-refractivity contribution >= 4 is 12.6 Å². The Labute approximate surface area is 116 Å². The van der Waals surface area contributed by atoms with Crippen LogP contribution in [0.5, 0.6) is 0 Å². The van der Waals surface area contributed by atoms with Crippen molar-refractivity contribution in [1.29, 1.82) is 0 Å². The van der Waals surface area contributed by atoms with Gasteiger partial charge in [0.05, 0.1) is 0 Å². The summed E-state index contributed by atoms with van der Waals surface area (Å²) in [6.45, 7) is 2.26. The Balaban J connectivity index is 0.00000225. The Kier molecular flexibility index (Phi) is 10.3. The SMILES string of the molecule is CCCCCCCCc1ccccc1S.[Ni]. The summed E-state index contributed by atoms with van der Waals surface area (Å²) >= 11 is 4.46. The summed E-state index contributed by atoms with van der Waals surface area (Å²) < 4.78 is 0. The third kappa shape index (κ3) is 6.60. The minimum Gasteiger partial charge on any atom is -0.143 e. The fraction of sp³-hybridized carbons (Fsp3) is 0.571. The van der Waals surface area contributed by atoms with Crippen molar-refractivity contribution in [3.63, 3.8) is 0 Å². The summed E-state index contributed by atoms with van der Waals surface area (Å²) in [5.74, 6) is 0. The van der Waals surface area contributed by atoms with Gasteiger partial charge in [0.2, 0.25) is 0 Å². The van der Waals surface area contributed by atoms with Crippen molar-refractivity contribution in [3.05, 3.63) is 29.8 Å². The molecule has 1 rings (SSSR count). The molecule has 0 saturated carbocycles. The van der Waals surface area contributed by atoms with Gasteiger partial charge < -0.3 is 0 Å². The zero-order chi connectivity index (χ0) is 10.9. The monoisotopic (exact) mass is 280 g/mol. The van der Waals surface area contributed by atoms with Crippen LogP contribution in [0.3, 0.4) is 0 Å². The Hall–Kier alpha value is 0.0635. The second-order valence-electron chi connectivity index (χ2n) is 4.15. The topological polar surface area (TPSA) is 0 Å². The Bertz CT molecular complexity index is 273. The normalized spacial score (nSPS) is 9.88. The number of unbranched alkanes of at least 4 members (excludes halogenated alkanes) is 5. The second-order valence-corrected chi connectivity index (χ2v) is 4.63. The van der Waals surface area contributed by atoms with Gasteiger partial charge in [0.1, 0.15) is 0 Å². The minimum atomic E-state index is 0. The van der Waals surface area contributed by atoms with Gasteiger partial charge in [-0.25, -0.2) is 0 Å². The van der Waals surface area contributed by atoms with Crippen LogP contribution in [0.15, 0.2) is 29.2 Å². The molecule has 0 fully saturated rings. The van der Waals surface area contributed by atoms with Crippen molar-refractivity contribution < 1.29 is 16.5 Å². The first kappa shape index (κ1) is 16.1. The third-order valence-electron chi connectivity index (χ3n) is 2.79. The number of hydrogen-bond acceptors (Lipinski definition) is 1. The number of thiol groups is 1. The van der Waals surface area contributed by atoms with E-state index in [0.29, 0.717) is 0 Å². The first-order valence-corrected chi connectivity index (χ1v) is 6.56. The van der Waals surface area contributed by atoms with E-state index in [1.54, 1.807) is 0 Å². The van der Waals surface area contributed by atoms with Gasteiger partial charge in [-0.3, -0.25) is 0 Å². The molecule has 0 spiro atoms. The molecule has 0 radical (unpaired) electrons. The molecule has 0 nitrogen and oxygen atoms in total. The van der Waals surface area contributed by atoms with E-state index in [2.05, 4.69) is 37.8 Å². The molecular formula is C14H22NiS. The van der Waals surface area contributed by atoms with Crippen LogP contribution in [0.25, 0.3) is 0 Å². The van der Waals surface area contributed by atoms with Crippen molar-refractivity contribution in [3.8, 4) is 0 Å². The van der Waals surface area contributed by atoms with Crippen LogP contribution in [0.4, 0.5) is 0 Å². The van der Waals surface area contributed by atoms with Crippen LogP contribution in [-0.2, 0) is 22.9 Å². The molecule has 0 atom stereocenters. The van der Waals surface area contributed by atoms with E-state index in [-0.39, 0.29) is 16.5 Å². The van der Waals surface area contributed by atoms with Gasteiger partial charge in [0, 0.05) is 21.4 Å². The maximum atomic E-state index is 4.46. The third-order valence-corrected chi connectivity index (χ3v) is 3.23. The molecule has 0 heterocycles. The molecule has 0 aliphatic rings. The molecule has 1 aromatic carbocycles. The van der Waals surface area contributed by atoms with Crippen LogP contribution in [0, 0.1) is 0 Å². The van der Waals surface area contributed by atoms with Crippen molar-refractivity contribution in [2.75, 3.05) is 0 Å². The molecule has 16 heavy (non-hydrogen) atoms. The summed E-state index contributed by atoms with van der Waals surface area (Å²) in [4.78, 5) is 1.14. The summed E-state index contributed by atoms with van der Waals surface area (Å²) in [7, 11) is 0. The van der Waals surface area contributed by atoms with Crippen LogP contribution in [0.1, 0.15) is 51.0 Å². The number of hydrogen-bond donors (Lipinski definition) is 1. The largest absolute Gasteiger partial charge is 0.143 e. The quantitative estimate of drug-likeness (QED) is 0.411. The van der Waals surface area contributed by atoms with Crippen molar-refractivity contribution in [1.82, 2.24) is 0 Å². The predicted octanol–water partition coefficient (Wildman–Crippen LogP) is 4.88. The predicted molar refractivity (Wildman–Crippen MR) is 70.8 cm³/mol. The number of rotatable bonds is 7. The van der Waals surface area contributed by atoms with E-state index in [1.165, 1.54) is 50.5 Å². The number of benzene rings is 1. The van der Waals surface area contributed by atoms with Gasteiger partial charge in [-0.15, -0.1) is 12.6 Å². The standard InChI is InChI=1S/C14H22S.Ni/c1-2-3-4-5-6-7-10-13-11-8-9-12-14(13)15;/h8-9,11-12,15H,2-7,10H2,1H3;. The molecule has 0 N–H and O–H groups in total. The summed E-state index contributed by atoms with van der Waals surface area (Å²) in [6.07, 6.45) is 9.37. The molecule has 2 heteroatoms. The van der Waals surface area contributed by atoms with Gasteiger partial charge in [-0.1, -0.05) is 57.2 Å². The maximum Gasteiger partial charge on any atom is 0.00720 e. The van der Waals surface area contributed by atoms with Crippen molar-refractivity contribution in [2.45, 2.75) is 56.8 Å². The van der Waals surface area contributed by atoms with E-state index in [0.717, 1.165) is 4.90 Å². The molecular weight excluding hydrogens is 259 g/mol. The fourth-order valence-electron chi connectivity index (χ4n) is 1.82. The molecule has 0 aromatic heterocycles. The average molecular weight is 281 g/mol. The fourth-order valence-corrected chi connectivity index (χ4v) is 2.09. The molecule has 0 saturated heterocycles. The Morgan fingerprint density at radius 3 is 2.25 bits per heavy atom. The van der Waals surface area contributed by atoms with Crippen LogP contribution < -0.4 is 0 Å². The van der Waals surface area contributed by atoms with E-state index < -0.39 is 0 Å². The van der Waals surface area contributed by atoms with Crippen molar-refractivity contribution in [2.24, 2.45) is 0 Å². The zero-order valence-electron chi connectivity index (χ0n) is 10.0. The average Bonchev–Trinajstić information content (AvgIpc) is 2.25. The maximum absolute atomic E-state index is 4.46. The van der Waals surface area contributed by atoms with Gasteiger partial charge in [-0.2, -0.15) is 0 Å². The first-order valence-electron chi connectivity index (χ1n) is 6.11. The van der Waals surface area contributed by atoms with Crippen LogP contribution in [0.2, 0.25) is 0 Å². The molecule has 0 bridgehead atoms. The number of aryl methyl sites for hydroxylation is 1. The van der Waals surface area contributed by atoms with Crippen LogP contribution in [-0.4, -0.2) is 0 Å². The minimum absolute atomic E-state index is 0.